The summed E-state index contributed by atoms with van der Waals surface area (Å²) in [6, 6.07) is 6.17. The van der Waals surface area contributed by atoms with E-state index in [4.69, 9.17) is 0 Å². The van der Waals surface area contributed by atoms with Crippen molar-refractivity contribution in [3.8, 4) is 0 Å². The van der Waals surface area contributed by atoms with Crippen LogP contribution in [0.15, 0.2) is 47.5 Å². The van der Waals surface area contributed by atoms with Gasteiger partial charge < -0.3 is 15.5 Å². The molecule has 2 N–H and O–H groups in total. The quantitative estimate of drug-likeness (QED) is 0.618. The molecule has 0 aliphatic carbocycles. The van der Waals surface area contributed by atoms with E-state index in [1.807, 2.05) is 11.0 Å². The van der Waals surface area contributed by atoms with Crippen molar-refractivity contribution in [2.75, 3.05) is 25.0 Å². The van der Waals surface area contributed by atoms with Crippen LogP contribution in [-0.4, -0.2) is 41.3 Å². The monoisotopic (exact) mass is 394 g/mol. The summed E-state index contributed by atoms with van der Waals surface area (Å²) in [7, 11) is 0. The van der Waals surface area contributed by atoms with Crippen LogP contribution in [0.5, 0.6) is 0 Å². The Morgan fingerprint density at radius 2 is 2.29 bits per heavy atom. The predicted octanol–water partition coefficient (Wildman–Crippen LogP) is 2.60. The van der Waals surface area contributed by atoms with Crippen LogP contribution in [0, 0.1) is 0 Å². The number of nitrogens with zero attached hydrogens (tertiary/aromatic N) is 2. The molecule has 28 heavy (non-hydrogen) atoms. The second-order valence-electron chi connectivity index (χ2n) is 6.91. The lowest BCUT2D eigenvalue weighted by molar-refractivity contribution is -0.125. The number of aromatic nitrogens is 1. The first-order valence-electron chi connectivity index (χ1n) is 9.34. The van der Waals surface area contributed by atoms with Gasteiger partial charge in [-0.3, -0.25) is 9.59 Å². The van der Waals surface area contributed by atoms with Gasteiger partial charge >= 0.3 is 0 Å². The summed E-state index contributed by atoms with van der Waals surface area (Å²) in [4.78, 5) is 31.6. The second-order valence-corrected chi connectivity index (χ2v) is 7.95. The van der Waals surface area contributed by atoms with Crippen molar-refractivity contribution < 1.29 is 9.59 Å². The number of fused-ring (bicyclic) bond motifs is 1. The van der Waals surface area contributed by atoms with Crippen LogP contribution in [0.25, 0.3) is 6.08 Å². The number of nitrogens with one attached hydrogen (secondary N) is 2. The summed E-state index contributed by atoms with van der Waals surface area (Å²) in [6.45, 7) is 2.25. The summed E-state index contributed by atoms with van der Waals surface area (Å²) in [5.74, 6) is 0.493. The highest BCUT2D eigenvalue weighted by Crippen LogP contribution is 2.20. The molecule has 0 unspecified atom stereocenters. The summed E-state index contributed by atoms with van der Waals surface area (Å²) in [6.07, 6.45) is 9.14. The first-order chi connectivity index (χ1) is 13.7. The lowest BCUT2D eigenvalue weighted by Crippen LogP contribution is -2.33. The highest BCUT2D eigenvalue weighted by molar-refractivity contribution is 7.09. The third kappa shape index (κ3) is 4.55. The normalized spacial score (nSPS) is 17.1. The molecule has 0 fully saturated rings. The van der Waals surface area contributed by atoms with Gasteiger partial charge in [-0.2, -0.15) is 0 Å². The molecule has 0 spiro atoms. The molecule has 2 amide bonds. The number of anilines is 1. The molecule has 4 heterocycles. The van der Waals surface area contributed by atoms with Crippen LogP contribution in [-0.2, 0) is 22.6 Å². The van der Waals surface area contributed by atoms with E-state index in [0.29, 0.717) is 18.9 Å². The number of hydrogen-bond donors (Lipinski definition) is 2. The lowest BCUT2D eigenvalue weighted by atomic mass is 10.0. The van der Waals surface area contributed by atoms with Crippen LogP contribution >= 0.6 is 11.3 Å². The van der Waals surface area contributed by atoms with Gasteiger partial charge in [0.1, 0.15) is 5.82 Å². The van der Waals surface area contributed by atoms with E-state index in [2.05, 4.69) is 39.2 Å². The average molecular weight is 395 g/mol. The van der Waals surface area contributed by atoms with Crippen molar-refractivity contribution in [3.05, 3.63) is 63.5 Å². The molecule has 0 bridgehead atoms. The van der Waals surface area contributed by atoms with E-state index in [9.17, 15) is 9.59 Å². The highest BCUT2D eigenvalue weighted by Gasteiger charge is 2.16. The molecule has 4 rings (SSSR count). The molecular weight excluding hydrogens is 372 g/mol. The third-order valence-corrected chi connectivity index (χ3v) is 5.74. The van der Waals surface area contributed by atoms with Gasteiger partial charge in [0.15, 0.2) is 0 Å². The Labute approximate surface area is 168 Å². The predicted molar refractivity (Wildman–Crippen MR) is 111 cm³/mol. The molecule has 2 aliphatic heterocycles. The fourth-order valence-electron chi connectivity index (χ4n) is 3.34. The van der Waals surface area contributed by atoms with Gasteiger partial charge in [0, 0.05) is 48.8 Å². The van der Waals surface area contributed by atoms with E-state index in [1.165, 1.54) is 10.5 Å². The maximum absolute atomic E-state index is 12.5. The Bertz CT molecular complexity index is 934. The Morgan fingerprint density at radius 1 is 1.36 bits per heavy atom. The smallest absolute Gasteiger partial charge is 0.246 e. The number of rotatable bonds is 4. The molecule has 0 saturated carbocycles. The van der Waals surface area contributed by atoms with E-state index >= 15 is 0 Å². The van der Waals surface area contributed by atoms with Gasteiger partial charge in [0.05, 0.1) is 6.54 Å². The Kier molecular flexibility index (Phi) is 5.64. The Morgan fingerprint density at radius 3 is 3.07 bits per heavy atom. The Balaban J connectivity index is 1.36. The maximum atomic E-state index is 12.5. The molecular formula is C21H22N4O2S. The van der Waals surface area contributed by atoms with Crippen LogP contribution in [0.3, 0.4) is 0 Å². The standard InChI is InChI=1S/C21H22N4O2S/c26-19-14-22-13-17-10-16(12-23-21(17)24-19)3-4-20(27)25-7-5-15(6-8-25)11-18-2-1-9-28-18/h1-5,9-10,12,22H,6-8,11,13-14H2,(H,23,24,26). The highest BCUT2D eigenvalue weighted by atomic mass is 32.1. The molecule has 0 saturated heterocycles. The Hall–Kier alpha value is -2.77. The van der Waals surface area contributed by atoms with Crippen LogP contribution in [0.2, 0.25) is 0 Å². The summed E-state index contributed by atoms with van der Waals surface area (Å²) >= 11 is 1.77. The number of pyridine rings is 1. The minimum absolute atomic E-state index is 0.00722. The molecule has 2 aromatic rings. The minimum Gasteiger partial charge on any atom is -0.335 e. The SMILES string of the molecule is O=C1CNCc2cc(C=CC(=O)N3CC=C(Cc4cccs4)CC3)cnc2N1. The zero-order valence-corrected chi connectivity index (χ0v) is 16.3. The molecule has 2 aromatic heterocycles. The van der Waals surface area contributed by atoms with E-state index in [0.717, 1.165) is 30.5 Å². The molecule has 0 radical (unpaired) electrons. The van der Waals surface area contributed by atoms with Gasteiger partial charge in [0.25, 0.3) is 0 Å². The van der Waals surface area contributed by atoms with E-state index in [-0.39, 0.29) is 18.4 Å². The first kappa shape index (κ1) is 18.6. The summed E-state index contributed by atoms with van der Waals surface area (Å²) in [5.41, 5.74) is 3.16. The number of amides is 2. The fourth-order valence-corrected chi connectivity index (χ4v) is 4.09. The molecule has 0 atom stereocenters. The van der Waals surface area contributed by atoms with Gasteiger partial charge in [-0.25, -0.2) is 4.98 Å². The van der Waals surface area contributed by atoms with Gasteiger partial charge in [-0.15, -0.1) is 11.3 Å². The summed E-state index contributed by atoms with van der Waals surface area (Å²) in [5, 5.41) is 7.93. The molecule has 7 heteroatoms. The van der Waals surface area contributed by atoms with E-state index in [1.54, 1.807) is 29.7 Å². The van der Waals surface area contributed by atoms with Crippen molar-refractivity contribution in [1.29, 1.82) is 0 Å². The van der Waals surface area contributed by atoms with Crippen LogP contribution in [0.4, 0.5) is 5.82 Å². The maximum Gasteiger partial charge on any atom is 0.246 e. The van der Waals surface area contributed by atoms with Gasteiger partial charge in [-0.1, -0.05) is 17.7 Å². The fraction of sp³-hybridized carbons (Fsp3) is 0.286. The number of carbonyl (C=O) groups is 2. The second kappa shape index (κ2) is 8.50. The van der Waals surface area contributed by atoms with Crippen molar-refractivity contribution in [2.45, 2.75) is 19.4 Å². The van der Waals surface area contributed by atoms with Gasteiger partial charge in [-0.05, 0) is 35.6 Å². The number of hydrogen-bond acceptors (Lipinski definition) is 5. The lowest BCUT2D eigenvalue weighted by Gasteiger charge is -2.25. The van der Waals surface area contributed by atoms with Crippen LogP contribution in [0.1, 0.15) is 22.4 Å². The topological polar surface area (TPSA) is 74.3 Å². The number of thiophene rings is 1. The molecule has 0 aromatic carbocycles. The van der Waals surface area contributed by atoms with Crippen LogP contribution < -0.4 is 10.6 Å². The summed E-state index contributed by atoms with van der Waals surface area (Å²) < 4.78 is 0. The molecule has 6 nitrogen and oxygen atoms in total. The zero-order chi connectivity index (χ0) is 19.3. The third-order valence-electron chi connectivity index (χ3n) is 4.86. The number of carbonyl (C=O) groups excluding carboxylic acids is 2. The average Bonchev–Trinajstić information content (AvgIpc) is 3.14. The minimum atomic E-state index is -0.0960. The first-order valence-corrected chi connectivity index (χ1v) is 10.2. The molecule has 2 aliphatic rings. The van der Waals surface area contributed by atoms with Crippen molar-refractivity contribution in [1.82, 2.24) is 15.2 Å². The zero-order valence-electron chi connectivity index (χ0n) is 15.5. The van der Waals surface area contributed by atoms with Crippen molar-refractivity contribution >= 4 is 35.0 Å². The largest absolute Gasteiger partial charge is 0.335 e. The van der Waals surface area contributed by atoms with Crippen molar-refractivity contribution in [2.24, 2.45) is 0 Å². The molecule has 144 valence electrons. The van der Waals surface area contributed by atoms with Crippen molar-refractivity contribution in [3.63, 3.8) is 0 Å². The van der Waals surface area contributed by atoms with E-state index < -0.39 is 0 Å². The van der Waals surface area contributed by atoms with Gasteiger partial charge in [0.2, 0.25) is 11.8 Å².